The van der Waals surface area contributed by atoms with Gasteiger partial charge in [-0.2, -0.15) is 10.1 Å². The summed E-state index contributed by atoms with van der Waals surface area (Å²) in [6, 6.07) is 3.82. The highest BCUT2D eigenvalue weighted by molar-refractivity contribution is 7.17. The lowest BCUT2D eigenvalue weighted by Crippen LogP contribution is -2.00. The zero-order valence-corrected chi connectivity index (χ0v) is 9.88. The number of anilines is 3. The minimum atomic E-state index is 0.255. The van der Waals surface area contributed by atoms with Crippen molar-refractivity contribution in [1.82, 2.24) is 20.2 Å². The molecule has 3 aromatic rings. The summed E-state index contributed by atoms with van der Waals surface area (Å²) in [5, 5.41) is 12.1. The molecule has 0 bridgehead atoms. The quantitative estimate of drug-likeness (QED) is 0.643. The predicted octanol–water partition coefficient (Wildman–Crippen LogP) is 2.05. The van der Waals surface area contributed by atoms with Crippen LogP contribution < -0.4 is 11.1 Å². The summed E-state index contributed by atoms with van der Waals surface area (Å²) in [6.45, 7) is 1.94. The molecule has 0 radical (unpaired) electrons. The van der Waals surface area contributed by atoms with Gasteiger partial charge in [-0.3, -0.25) is 5.10 Å². The Balaban J connectivity index is 2.07. The van der Waals surface area contributed by atoms with E-state index in [1.54, 1.807) is 11.3 Å². The maximum Gasteiger partial charge on any atom is 0.222 e. The van der Waals surface area contributed by atoms with Crippen LogP contribution in [0.2, 0.25) is 0 Å². The van der Waals surface area contributed by atoms with Gasteiger partial charge in [-0.05, 0) is 18.4 Å². The number of hydrogen-bond acceptors (Lipinski definition) is 6. The molecular formula is C10H10N6S. The number of aromatic amines is 1. The lowest BCUT2D eigenvalue weighted by Gasteiger charge is -2.03. The SMILES string of the molecule is Cc1cc(Nc2nc(N)nc3ccsc23)n[nH]1. The largest absolute Gasteiger partial charge is 0.368 e. The molecule has 0 aliphatic heterocycles. The van der Waals surface area contributed by atoms with E-state index in [1.807, 2.05) is 24.4 Å². The molecule has 0 aliphatic rings. The fourth-order valence-electron chi connectivity index (χ4n) is 1.57. The molecule has 0 fully saturated rings. The topological polar surface area (TPSA) is 92.5 Å². The Hall–Kier alpha value is -2.15. The first-order chi connectivity index (χ1) is 8.22. The van der Waals surface area contributed by atoms with E-state index in [9.17, 15) is 0 Å². The van der Waals surface area contributed by atoms with Gasteiger partial charge in [0.2, 0.25) is 5.95 Å². The van der Waals surface area contributed by atoms with Gasteiger partial charge in [-0.1, -0.05) is 0 Å². The number of nitrogens with zero attached hydrogens (tertiary/aromatic N) is 3. The Morgan fingerprint density at radius 3 is 3.06 bits per heavy atom. The number of thiophene rings is 1. The Morgan fingerprint density at radius 1 is 1.41 bits per heavy atom. The molecule has 3 aromatic heterocycles. The summed E-state index contributed by atoms with van der Waals surface area (Å²) in [6.07, 6.45) is 0. The van der Waals surface area contributed by atoms with E-state index in [0.717, 1.165) is 21.7 Å². The number of fused-ring (bicyclic) bond motifs is 1. The van der Waals surface area contributed by atoms with Gasteiger partial charge < -0.3 is 11.1 Å². The Labute approximate surface area is 101 Å². The Kier molecular flexibility index (Phi) is 2.19. The second-order valence-corrected chi connectivity index (χ2v) is 4.54. The van der Waals surface area contributed by atoms with Crippen LogP contribution >= 0.6 is 11.3 Å². The van der Waals surface area contributed by atoms with Crippen molar-refractivity contribution in [2.75, 3.05) is 11.1 Å². The number of nitrogens with two attached hydrogens (primary N) is 1. The molecule has 3 heterocycles. The van der Waals surface area contributed by atoms with E-state index in [2.05, 4.69) is 25.5 Å². The zero-order valence-electron chi connectivity index (χ0n) is 9.06. The molecule has 7 heteroatoms. The highest BCUT2D eigenvalue weighted by Crippen LogP contribution is 2.28. The molecule has 0 saturated carbocycles. The molecule has 0 saturated heterocycles. The van der Waals surface area contributed by atoms with Crippen LogP contribution in [0.1, 0.15) is 5.69 Å². The highest BCUT2D eigenvalue weighted by Gasteiger charge is 2.08. The van der Waals surface area contributed by atoms with Crippen molar-refractivity contribution in [2.24, 2.45) is 0 Å². The van der Waals surface area contributed by atoms with Gasteiger partial charge in [0.05, 0.1) is 10.2 Å². The fourth-order valence-corrected chi connectivity index (χ4v) is 2.35. The average Bonchev–Trinajstić information content (AvgIpc) is 2.87. The van der Waals surface area contributed by atoms with Crippen molar-refractivity contribution < 1.29 is 0 Å². The van der Waals surface area contributed by atoms with E-state index in [-0.39, 0.29) is 5.95 Å². The van der Waals surface area contributed by atoms with Crippen LogP contribution in [0.25, 0.3) is 10.2 Å². The third-order valence-electron chi connectivity index (χ3n) is 2.27. The molecule has 6 nitrogen and oxygen atoms in total. The van der Waals surface area contributed by atoms with Crippen molar-refractivity contribution in [3.63, 3.8) is 0 Å². The molecule has 3 rings (SSSR count). The summed E-state index contributed by atoms with van der Waals surface area (Å²) < 4.78 is 0.972. The molecule has 0 aliphatic carbocycles. The monoisotopic (exact) mass is 246 g/mol. The molecule has 0 atom stereocenters. The Bertz CT molecular complexity index is 670. The second kappa shape index (κ2) is 3.70. The van der Waals surface area contributed by atoms with Crippen LogP contribution in [0.5, 0.6) is 0 Å². The summed E-state index contributed by atoms with van der Waals surface area (Å²) >= 11 is 1.57. The average molecular weight is 246 g/mol. The second-order valence-electron chi connectivity index (χ2n) is 3.63. The van der Waals surface area contributed by atoms with E-state index in [4.69, 9.17) is 5.73 Å². The summed E-state index contributed by atoms with van der Waals surface area (Å²) in [4.78, 5) is 8.34. The van der Waals surface area contributed by atoms with Crippen LogP contribution in [-0.2, 0) is 0 Å². The molecule has 86 valence electrons. The summed E-state index contributed by atoms with van der Waals surface area (Å²) in [5.41, 5.74) is 7.48. The predicted molar refractivity (Wildman–Crippen MR) is 68.4 cm³/mol. The van der Waals surface area contributed by atoms with E-state index >= 15 is 0 Å². The maximum atomic E-state index is 5.66. The van der Waals surface area contributed by atoms with Gasteiger partial charge in [0.1, 0.15) is 0 Å². The van der Waals surface area contributed by atoms with E-state index in [0.29, 0.717) is 5.82 Å². The number of rotatable bonds is 2. The minimum absolute atomic E-state index is 0.255. The number of aryl methyl sites for hydroxylation is 1. The first kappa shape index (κ1) is 10.0. The van der Waals surface area contributed by atoms with Crippen LogP contribution in [0.15, 0.2) is 17.5 Å². The highest BCUT2D eigenvalue weighted by atomic mass is 32.1. The number of hydrogen-bond donors (Lipinski definition) is 3. The van der Waals surface area contributed by atoms with Gasteiger partial charge in [0.25, 0.3) is 0 Å². The van der Waals surface area contributed by atoms with Gasteiger partial charge in [0.15, 0.2) is 11.6 Å². The van der Waals surface area contributed by atoms with Gasteiger partial charge in [0, 0.05) is 11.8 Å². The first-order valence-electron chi connectivity index (χ1n) is 5.02. The Morgan fingerprint density at radius 2 is 2.29 bits per heavy atom. The van der Waals surface area contributed by atoms with Crippen molar-refractivity contribution in [3.8, 4) is 0 Å². The molecule has 0 amide bonds. The van der Waals surface area contributed by atoms with Crippen LogP contribution in [0.3, 0.4) is 0 Å². The lowest BCUT2D eigenvalue weighted by molar-refractivity contribution is 1.05. The normalized spacial score (nSPS) is 10.9. The summed E-state index contributed by atoms with van der Waals surface area (Å²) in [7, 11) is 0. The standard InChI is InChI=1S/C10H10N6S/c1-5-4-7(16-15-5)13-9-8-6(2-3-17-8)12-10(11)14-9/h2-4H,1H3,(H4,11,12,13,14,15,16). The molecule has 17 heavy (non-hydrogen) atoms. The number of nitrogen functional groups attached to an aromatic ring is 1. The van der Waals surface area contributed by atoms with Gasteiger partial charge in [-0.25, -0.2) is 4.98 Å². The molecule has 0 spiro atoms. The third kappa shape index (κ3) is 1.80. The van der Waals surface area contributed by atoms with E-state index in [1.165, 1.54) is 0 Å². The summed E-state index contributed by atoms with van der Waals surface area (Å²) in [5.74, 6) is 1.66. The smallest absolute Gasteiger partial charge is 0.222 e. The molecular weight excluding hydrogens is 236 g/mol. The lowest BCUT2D eigenvalue weighted by atomic mass is 10.4. The third-order valence-corrected chi connectivity index (χ3v) is 3.18. The molecule has 0 aromatic carbocycles. The zero-order chi connectivity index (χ0) is 11.8. The van der Waals surface area contributed by atoms with Crippen molar-refractivity contribution in [2.45, 2.75) is 6.92 Å². The number of H-pyrrole nitrogens is 1. The van der Waals surface area contributed by atoms with Crippen molar-refractivity contribution >= 4 is 39.1 Å². The van der Waals surface area contributed by atoms with Crippen LogP contribution in [-0.4, -0.2) is 20.2 Å². The van der Waals surface area contributed by atoms with E-state index < -0.39 is 0 Å². The van der Waals surface area contributed by atoms with Gasteiger partial charge in [-0.15, -0.1) is 11.3 Å². The fraction of sp³-hybridized carbons (Fsp3) is 0.100. The molecule has 4 N–H and O–H groups in total. The molecule has 0 unspecified atom stereocenters. The maximum absolute atomic E-state index is 5.66. The van der Waals surface area contributed by atoms with Crippen molar-refractivity contribution in [3.05, 3.63) is 23.2 Å². The first-order valence-corrected chi connectivity index (χ1v) is 5.90. The number of nitrogens with one attached hydrogen (secondary N) is 2. The minimum Gasteiger partial charge on any atom is -0.368 e. The van der Waals surface area contributed by atoms with Gasteiger partial charge >= 0.3 is 0 Å². The van der Waals surface area contributed by atoms with Crippen LogP contribution in [0, 0.1) is 6.92 Å². The van der Waals surface area contributed by atoms with Crippen molar-refractivity contribution in [1.29, 1.82) is 0 Å². The van der Waals surface area contributed by atoms with Crippen LogP contribution in [0.4, 0.5) is 17.6 Å². The number of aromatic nitrogens is 4.